The first-order valence-electron chi connectivity index (χ1n) is 23.1. The van der Waals surface area contributed by atoms with Gasteiger partial charge in [0.05, 0.1) is 18.1 Å². The Labute approximate surface area is 372 Å². The van der Waals surface area contributed by atoms with Crippen LogP contribution in [-0.4, -0.2) is 107 Å². The van der Waals surface area contributed by atoms with Gasteiger partial charge in [0, 0.05) is 19.0 Å². The van der Waals surface area contributed by atoms with Crippen molar-refractivity contribution in [2.45, 2.75) is 160 Å². The van der Waals surface area contributed by atoms with Gasteiger partial charge in [-0.25, -0.2) is 0 Å². The second-order valence-corrected chi connectivity index (χ2v) is 17.4. The van der Waals surface area contributed by atoms with Crippen molar-refractivity contribution in [3.63, 3.8) is 0 Å². The van der Waals surface area contributed by atoms with Crippen LogP contribution < -0.4 is 26.6 Å². The molecule has 15 nitrogen and oxygen atoms in total. The van der Waals surface area contributed by atoms with Gasteiger partial charge in [0.2, 0.25) is 35.4 Å². The molecule has 6 rings (SSSR count). The maximum absolute atomic E-state index is 14.0. The van der Waals surface area contributed by atoms with Crippen molar-refractivity contribution >= 4 is 41.9 Å². The summed E-state index contributed by atoms with van der Waals surface area (Å²) in [5, 5.41) is 22.3. The Morgan fingerprint density at radius 3 is 1.49 bits per heavy atom. The highest BCUT2D eigenvalue weighted by Crippen LogP contribution is 2.42. The van der Waals surface area contributed by atoms with Crippen LogP contribution >= 0.6 is 0 Å². The van der Waals surface area contributed by atoms with E-state index in [-0.39, 0.29) is 59.9 Å². The second kappa shape index (κ2) is 22.9. The van der Waals surface area contributed by atoms with Crippen LogP contribution in [0.4, 0.5) is 0 Å². The molecule has 15 heteroatoms. The Morgan fingerprint density at radius 1 is 0.667 bits per heavy atom. The van der Waals surface area contributed by atoms with Crippen molar-refractivity contribution < 1.29 is 38.7 Å². The van der Waals surface area contributed by atoms with Crippen molar-refractivity contribution in [1.82, 2.24) is 36.4 Å². The third-order valence-corrected chi connectivity index (χ3v) is 13.5. The number of carbonyl (C=O) groups excluding carboxylic acids is 6. The highest BCUT2D eigenvalue weighted by atomic mass is 16.3. The van der Waals surface area contributed by atoms with Crippen LogP contribution in [0.25, 0.3) is 11.1 Å². The lowest BCUT2D eigenvalue weighted by molar-refractivity contribution is -0.142. The van der Waals surface area contributed by atoms with E-state index in [1.54, 1.807) is 23.8 Å². The molecule has 2 aromatic rings. The molecule has 2 aliphatic carbocycles. The number of nitrogens with one attached hydrogen (secondary N) is 5. The quantitative estimate of drug-likeness (QED) is 0.140. The summed E-state index contributed by atoms with van der Waals surface area (Å²) < 4.78 is 0. The van der Waals surface area contributed by atoms with Gasteiger partial charge < -0.3 is 41.5 Å². The van der Waals surface area contributed by atoms with Crippen LogP contribution in [0.15, 0.2) is 36.4 Å². The maximum Gasteiger partial charge on any atom is 0.290 e. The number of amides is 6. The van der Waals surface area contributed by atoms with Gasteiger partial charge in [0.25, 0.3) is 6.47 Å². The number of hydrogen-bond acceptors (Lipinski definition) is 8. The largest absolute Gasteiger partial charge is 0.483 e. The Kier molecular flexibility index (Phi) is 17.7. The minimum absolute atomic E-state index is 0.138. The molecule has 2 heterocycles. The van der Waals surface area contributed by atoms with E-state index in [9.17, 15) is 28.8 Å². The third kappa shape index (κ3) is 11.3. The lowest BCUT2D eigenvalue weighted by Crippen LogP contribution is -2.55. The lowest BCUT2D eigenvalue weighted by Gasteiger charge is -2.33. The van der Waals surface area contributed by atoms with Crippen molar-refractivity contribution in [2.75, 3.05) is 20.1 Å². The first-order chi connectivity index (χ1) is 30.3. The predicted molar refractivity (Wildman–Crippen MR) is 240 cm³/mol. The molecule has 0 unspecified atom stereocenters. The van der Waals surface area contributed by atoms with Crippen LogP contribution in [0.5, 0.6) is 0 Å². The molecule has 344 valence electrons. The van der Waals surface area contributed by atoms with Gasteiger partial charge in [0.1, 0.15) is 24.2 Å². The van der Waals surface area contributed by atoms with E-state index < -0.39 is 30.2 Å². The highest BCUT2D eigenvalue weighted by molar-refractivity contribution is 5.94. The molecule has 2 aliphatic heterocycles. The summed E-state index contributed by atoms with van der Waals surface area (Å²) in [7, 11) is 1.70. The summed E-state index contributed by atoms with van der Waals surface area (Å²) in [5.74, 6) is -1.30. The molecule has 63 heavy (non-hydrogen) atoms. The Morgan fingerprint density at radius 2 is 1.10 bits per heavy atom. The fourth-order valence-corrected chi connectivity index (χ4v) is 9.65. The van der Waals surface area contributed by atoms with Crippen molar-refractivity contribution in [3.8, 4) is 11.1 Å². The van der Waals surface area contributed by atoms with E-state index in [1.807, 2.05) is 27.7 Å². The topological polar surface area (TPSA) is 206 Å². The van der Waals surface area contributed by atoms with Gasteiger partial charge in [-0.2, -0.15) is 0 Å². The molecular formula is C48H69N7O8. The number of nitrogens with zero attached hydrogens (tertiary/aromatic N) is 2. The molecule has 2 aromatic carbocycles. The maximum atomic E-state index is 14.0. The molecule has 2 saturated heterocycles. The minimum Gasteiger partial charge on any atom is -0.483 e. The van der Waals surface area contributed by atoms with Gasteiger partial charge in [-0.05, 0) is 131 Å². The molecule has 0 aromatic heterocycles. The minimum atomic E-state index is -0.695. The van der Waals surface area contributed by atoms with Crippen LogP contribution in [0.3, 0.4) is 0 Å². The van der Waals surface area contributed by atoms with E-state index >= 15 is 0 Å². The summed E-state index contributed by atoms with van der Waals surface area (Å²) in [6.45, 7) is 10.0. The first-order valence-corrected chi connectivity index (χ1v) is 23.1. The number of likely N-dealkylation sites (tertiary alicyclic amines) is 2. The molecule has 0 radical (unpaired) electrons. The number of benzene rings is 2. The number of rotatable bonds is 15. The Bertz CT molecular complexity index is 1840. The van der Waals surface area contributed by atoms with Gasteiger partial charge in [-0.1, -0.05) is 64.1 Å². The monoisotopic (exact) mass is 872 g/mol. The number of carboxylic acid groups (broad SMARTS) is 1. The molecule has 0 saturated carbocycles. The second-order valence-electron chi connectivity index (χ2n) is 17.4. The van der Waals surface area contributed by atoms with Crippen molar-refractivity contribution in [3.05, 3.63) is 58.7 Å². The fraction of sp³-hybridized carbons (Fsp3) is 0.604. The smallest absolute Gasteiger partial charge is 0.290 e. The Hall–Kier alpha value is -5.31. The molecule has 2 fully saturated rings. The average molecular weight is 872 g/mol. The summed E-state index contributed by atoms with van der Waals surface area (Å²) >= 11 is 0. The van der Waals surface area contributed by atoms with Crippen LogP contribution in [0.1, 0.15) is 140 Å². The average Bonchev–Trinajstić information content (AvgIpc) is 4.01. The summed E-state index contributed by atoms with van der Waals surface area (Å²) in [4.78, 5) is 92.4. The summed E-state index contributed by atoms with van der Waals surface area (Å²) in [6.07, 6.45) is 9.35. The van der Waals surface area contributed by atoms with Crippen molar-refractivity contribution in [1.29, 1.82) is 0 Å². The molecular weight excluding hydrogens is 803 g/mol. The van der Waals surface area contributed by atoms with Gasteiger partial charge in [-0.3, -0.25) is 33.6 Å². The molecule has 6 N–H and O–H groups in total. The Balaban J connectivity index is 0.00000242. The highest BCUT2D eigenvalue weighted by Gasteiger charge is 2.40. The summed E-state index contributed by atoms with van der Waals surface area (Å²) in [6, 6.07) is 9.33. The van der Waals surface area contributed by atoms with Gasteiger partial charge in [0.15, 0.2) is 0 Å². The molecule has 0 bridgehead atoms. The van der Waals surface area contributed by atoms with Crippen molar-refractivity contribution in [2.24, 2.45) is 5.92 Å². The SMILES string of the molecule is CC[C@@H](C)C(=O)N[C@@H](CC)C(=O)N1CCC[C@H]1C(=O)N[C@@H]1CCCc2c(-c3cccc4c3CCC[C@H]4NC(=O)[C@@H]3CCCN3C(=O)[C@H](CC)NC(=O)[C@H](C)NC)cccc21.O=CO. The van der Waals surface area contributed by atoms with Crippen LogP contribution in [0.2, 0.25) is 0 Å². The molecule has 0 spiro atoms. The predicted octanol–water partition coefficient (Wildman–Crippen LogP) is 4.47. The normalized spacial score (nSPS) is 22.1. The fourth-order valence-electron chi connectivity index (χ4n) is 9.65. The zero-order chi connectivity index (χ0) is 45.8. The van der Waals surface area contributed by atoms with E-state index in [2.05, 4.69) is 63.0 Å². The van der Waals surface area contributed by atoms with E-state index in [4.69, 9.17) is 9.90 Å². The van der Waals surface area contributed by atoms with Crippen LogP contribution in [-0.2, 0) is 46.4 Å². The molecule has 8 atom stereocenters. The van der Waals surface area contributed by atoms with E-state index in [0.717, 1.165) is 73.6 Å². The molecule has 6 amide bonds. The number of fused-ring (bicyclic) bond motifs is 2. The van der Waals surface area contributed by atoms with E-state index in [0.29, 0.717) is 45.2 Å². The lowest BCUT2D eigenvalue weighted by atomic mass is 9.78. The van der Waals surface area contributed by atoms with Gasteiger partial charge in [-0.15, -0.1) is 0 Å². The third-order valence-electron chi connectivity index (χ3n) is 13.5. The number of likely N-dealkylation sites (N-methyl/N-ethyl adjacent to an activating group) is 1. The first kappa shape index (κ1) is 48.7. The standard InChI is InChI=1S/C47H67N7O6.CH2O2/c1-7-28(4)42(55)49-36(8-2)46(59)53-26-14-24-40(53)44(57)51-38-22-12-18-32-30(16-10-20-34(32)38)31-17-11-21-35-33(31)19-13-23-39(35)52-45(58)41-25-15-27-54(41)47(60)37(9-3)50-43(56)29(5)48-6;2-1-3/h10-11,16-17,20-21,28-29,36-41,48H,7-9,12-15,18-19,22-27H2,1-6H3,(H,49,55)(H,50,56)(H,51,57)(H,52,58);1H,(H,2,3)/t28-,29+,36+,37+,38-,39-,40+,41+;/m1./s1. The van der Waals surface area contributed by atoms with Crippen LogP contribution in [0, 0.1) is 5.92 Å². The van der Waals surface area contributed by atoms with E-state index in [1.165, 1.54) is 11.1 Å². The zero-order valence-corrected chi connectivity index (χ0v) is 38.0. The summed E-state index contributed by atoms with van der Waals surface area (Å²) in [5.41, 5.74) is 6.91. The van der Waals surface area contributed by atoms with Gasteiger partial charge >= 0.3 is 0 Å². The molecule has 4 aliphatic rings. The number of carbonyl (C=O) groups is 7. The number of hydrogen-bond donors (Lipinski definition) is 6. The zero-order valence-electron chi connectivity index (χ0n) is 38.0.